The summed E-state index contributed by atoms with van der Waals surface area (Å²) in [5, 5.41) is 5.60. The van der Waals surface area contributed by atoms with Crippen LogP contribution in [0.1, 0.15) is 16.8 Å². The first-order valence-corrected chi connectivity index (χ1v) is 10.3. The van der Waals surface area contributed by atoms with Crippen molar-refractivity contribution in [2.24, 2.45) is 0 Å². The Morgan fingerprint density at radius 3 is 2.00 bits per heavy atom. The van der Waals surface area contributed by atoms with Crippen molar-refractivity contribution in [3.8, 4) is 11.5 Å². The second kappa shape index (κ2) is 11.4. The average Bonchev–Trinajstić information content (AvgIpc) is 2.84. The molecule has 2 N–H and O–H groups in total. The fourth-order valence-corrected chi connectivity index (χ4v) is 3.13. The summed E-state index contributed by atoms with van der Waals surface area (Å²) < 4.78 is 10.3. The van der Waals surface area contributed by atoms with Gasteiger partial charge in [-0.2, -0.15) is 0 Å². The van der Waals surface area contributed by atoms with Gasteiger partial charge in [-0.25, -0.2) is 4.79 Å². The molecule has 7 nitrogen and oxygen atoms in total. The van der Waals surface area contributed by atoms with E-state index in [0.29, 0.717) is 36.5 Å². The minimum Gasteiger partial charge on any atom is -0.497 e. The first kappa shape index (κ1) is 22.7. The van der Waals surface area contributed by atoms with E-state index in [4.69, 9.17) is 9.47 Å². The van der Waals surface area contributed by atoms with Crippen molar-refractivity contribution in [2.75, 3.05) is 37.5 Å². The van der Waals surface area contributed by atoms with Crippen molar-refractivity contribution in [3.63, 3.8) is 0 Å². The molecule has 0 aliphatic carbocycles. The van der Waals surface area contributed by atoms with Crippen LogP contribution < -0.4 is 25.0 Å². The molecule has 0 aromatic heterocycles. The van der Waals surface area contributed by atoms with E-state index < -0.39 is 0 Å². The number of hydrogen-bond acceptors (Lipinski definition) is 4. The van der Waals surface area contributed by atoms with Crippen LogP contribution in [0.15, 0.2) is 78.9 Å². The number of anilines is 2. The molecule has 3 aromatic carbocycles. The van der Waals surface area contributed by atoms with Crippen molar-refractivity contribution < 1.29 is 19.1 Å². The van der Waals surface area contributed by atoms with Gasteiger partial charge in [0.15, 0.2) is 0 Å². The van der Waals surface area contributed by atoms with Gasteiger partial charge < -0.3 is 25.0 Å². The average molecular weight is 434 g/mol. The van der Waals surface area contributed by atoms with Crippen molar-refractivity contribution in [1.29, 1.82) is 0 Å². The summed E-state index contributed by atoms with van der Waals surface area (Å²) in [5.41, 5.74) is 2.04. The van der Waals surface area contributed by atoms with Crippen LogP contribution in [-0.4, -0.2) is 39.2 Å². The molecule has 32 heavy (non-hydrogen) atoms. The van der Waals surface area contributed by atoms with E-state index in [2.05, 4.69) is 10.6 Å². The normalized spacial score (nSPS) is 10.2. The third-order valence-electron chi connectivity index (χ3n) is 4.84. The van der Waals surface area contributed by atoms with Gasteiger partial charge in [0.25, 0.3) is 5.91 Å². The maximum atomic E-state index is 13.1. The summed E-state index contributed by atoms with van der Waals surface area (Å²) in [5.74, 6) is 1.31. The second-order valence-electron chi connectivity index (χ2n) is 6.98. The Morgan fingerprint density at radius 1 is 0.812 bits per heavy atom. The maximum Gasteiger partial charge on any atom is 0.319 e. The third kappa shape index (κ3) is 6.25. The molecule has 0 aliphatic rings. The van der Waals surface area contributed by atoms with Crippen LogP contribution in [0.3, 0.4) is 0 Å². The van der Waals surface area contributed by atoms with Gasteiger partial charge in [0, 0.05) is 30.0 Å². The molecule has 0 spiro atoms. The van der Waals surface area contributed by atoms with Gasteiger partial charge in [0.1, 0.15) is 11.5 Å². The lowest BCUT2D eigenvalue weighted by Crippen LogP contribution is -2.35. The summed E-state index contributed by atoms with van der Waals surface area (Å²) in [6, 6.07) is 23.3. The topological polar surface area (TPSA) is 79.9 Å². The number of carbonyl (C=O) groups excluding carboxylic acids is 2. The molecule has 0 aliphatic heterocycles. The predicted octanol–water partition coefficient (Wildman–Crippen LogP) is 4.56. The zero-order valence-electron chi connectivity index (χ0n) is 18.2. The van der Waals surface area contributed by atoms with E-state index in [-0.39, 0.29) is 11.9 Å². The molecule has 0 fully saturated rings. The smallest absolute Gasteiger partial charge is 0.319 e. The van der Waals surface area contributed by atoms with Crippen LogP contribution in [0, 0.1) is 0 Å². The molecule has 0 saturated heterocycles. The Kier molecular flexibility index (Phi) is 8.09. The van der Waals surface area contributed by atoms with Crippen molar-refractivity contribution >= 4 is 23.3 Å². The highest BCUT2D eigenvalue weighted by Crippen LogP contribution is 2.19. The molecular weight excluding hydrogens is 406 g/mol. The molecule has 3 aromatic rings. The highest BCUT2D eigenvalue weighted by atomic mass is 16.5. The molecule has 0 unspecified atom stereocenters. The Labute approximate surface area is 188 Å². The number of hydrogen-bond donors (Lipinski definition) is 2. The lowest BCUT2D eigenvalue weighted by molar-refractivity contribution is 0.0986. The van der Waals surface area contributed by atoms with E-state index in [9.17, 15) is 9.59 Å². The summed E-state index contributed by atoms with van der Waals surface area (Å²) >= 11 is 0. The van der Waals surface area contributed by atoms with Gasteiger partial charge in [-0.05, 0) is 67.1 Å². The molecule has 0 radical (unpaired) electrons. The molecule has 0 atom stereocenters. The SMILES string of the molecule is COc1ccc(NC(=O)NCCCN(C(=O)c2ccc(OC)cc2)c2ccccc2)cc1. The van der Waals surface area contributed by atoms with E-state index in [0.717, 1.165) is 11.4 Å². The molecule has 3 rings (SSSR count). The first-order chi connectivity index (χ1) is 15.6. The van der Waals surface area contributed by atoms with Crippen LogP contribution >= 0.6 is 0 Å². The minimum absolute atomic E-state index is 0.110. The number of nitrogens with zero attached hydrogens (tertiary/aromatic N) is 1. The largest absolute Gasteiger partial charge is 0.497 e. The lowest BCUT2D eigenvalue weighted by atomic mass is 10.1. The number of ether oxygens (including phenoxy) is 2. The number of carbonyl (C=O) groups is 2. The summed E-state index contributed by atoms with van der Waals surface area (Å²) in [6.07, 6.45) is 0.590. The quantitative estimate of drug-likeness (QED) is 0.485. The number of rotatable bonds is 9. The number of para-hydroxylation sites is 1. The molecule has 0 bridgehead atoms. The molecule has 0 heterocycles. The Hall–Kier alpha value is -4.00. The standard InChI is InChI=1S/C25H27N3O4/c1-31-22-13-9-19(10-14-22)24(29)28(21-7-4-3-5-8-21)18-6-17-26-25(30)27-20-11-15-23(32-2)16-12-20/h3-5,7-16H,6,17-18H2,1-2H3,(H2,26,27,30). The minimum atomic E-state index is -0.303. The van der Waals surface area contributed by atoms with Crippen LogP contribution in [0.5, 0.6) is 11.5 Å². The second-order valence-corrected chi connectivity index (χ2v) is 6.98. The number of benzene rings is 3. The monoisotopic (exact) mass is 433 g/mol. The van der Waals surface area contributed by atoms with Gasteiger partial charge in [-0.15, -0.1) is 0 Å². The number of amides is 3. The maximum absolute atomic E-state index is 13.1. The van der Waals surface area contributed by atoms with E-state index >= 15 is 0 Å². The first-order valence-electron chi connectivity index (χ1n) is 10.3. The lowest BCUT2D eigenvalue weighted by Gasteiger charge is -2.23. The van der Waals surface area contributed by atoms with Gasteiger partial charge in [-0.1, -0.05) is 18.2 Å². The summed E-state index contributed by atoms with van der Waals surface area (Å²) in [7, 11) is 3.18. The highest BCUT2D eigenvalue weighted by Gasteiger charge is 2.17. The molecule has 3 amide bonds. The van der Waals surface area contributed by atoms with Crippen molar-refractivity contribution in [1.82, 2.24) is 5.32 Å². The summed E-state index contributed by atoms with van der Waals surface area (Å²) in [4.78, 5) is 27.0. The molecule has 166 valence electrons. The van der Waals surface area contributed by atoms with Crippen molar-refractivity contribution in [3.05, 3.63) is 84.4 Å². The Morgan fingerprint density at radius 2 is 1.41 bits per heavy atom. The van der Waals surface area contributed by atoms with Gasteiger partial charge in [0.05, 0.1) is 14.2 Å². The fraction of sp³-hybridized carbons (Fsp3) is 0.200. The zero-order chi connectivity index (χ0) is 22.8. The number of methoxy groups -OCH3 is 2. The number of urea groups is 1. The van der Waals surface area contributed by atoms with Crippen LogP contribution in [0.4, 0.5) is 16.2 Å². The van der Waals surface area contributed by atoms with E-state index in [1.807, 2.05) is 30.3 Å². The van der Waals surface area contributed by atoms with Crippen LogP contribution in [-0.2, 0) is 0 Å². The van der Waals surface area contributed by atoms with Gasteiger partial charge >= 0.3 is 6.03 Å². The highest BCUT2D eigenvalue weighted by molar-refractivity contribution is 6.06. The summed E-state index contributed by atoms with van der Waals surface area (Å²) in [6.45, 7) is 0.874. The third-order valence-corrected chi connectivity index (χ3v) is 4.84. The molecule has 7 heteroatoms. The molecular formula is C25H27N3O4. The van der Waals surface area contributed by atoms with Gasteiger partial charge in [-0.3, -0.25) is 4.79 Å². The number of nitrogens with one attached hydrogen (secondary N) is 2. The van der Waals surface area contributed by atoms with Crippen LogP contribution in [0.25, 0.3) is 0 Å². The molecule has 0 saturated carbocycles. The van der Waals surface area contributed by atoms with E-state index in [1.54, 1.807) is 67.7 Å². The van der Waals surface area contributed by atoms with Crippen molar-refractivity contribution in [2.45, 2.75) is 6.42 Å². The Bertz CT molecular complexity index is 1010. The zero-order valence-corrected chi connectivity index (χ0v) is 18.2. The Balaban J connectivity index is 1.56. The van der Waals surface area contributed by atoms with Crippen LogP contribution in [0.2, 0.25) is 0 Å². The van der Waals surface area contributed by atoms with Gasteiger partial charge in [0.2, 0.25) is 0 Å². The fourth-order valence-electron chi connectivity index (χ4n) is 3.13. The van der Waals surface area contributed by atoms with E-state index in [1.165, 1.54) is 0 Å². The predicted molar refractivity (Wildman–Crippen MR) is 126 cm³/mol.